The summed E-state index contributed by atoms with van der Waals surface area (Å²) in [5.74, 6) is 0.474. The molecule has 158 valence electrons. The second-order valence-electron chi connectivity index (χ2n) is 6.11. The molecule has 2 N–H and O–H groups in total. The first-order valence-electron chi connectivity index (χ1n) is 8.85. The van der Waals surface area contributed by atoms with E-state index in [0.29, 0.717) is 0 Å². The van der Waals surface area contributed by atoms with Crippen molar-refractivity contribution in [3.63, 3.8) is 0 Å². The Kier molecular flexibility index (Phi) is 10.6. The smallest absolute Gasteiger partial charge is 0.323 e. The fourth-order valence-electron chi connectivity index (χ4n) is 2.33. The zero-order valence-electron chi connectivity index (χ0n) is 16.5. The summed E-state index contributed by atoms with van der Waals surface area (Å²) in [6.07, 6.45) is 0.192. The van der Waals surface area contributed by atoms with E-state index >= 15 is 0 Å². The van der Waals surface area contributed by atoms with Gasteiger partial charge in [0.2, 0.25) is 0 Å². The zero-order chi connectivity index (χ0) is 20.4. The summed E-state index contributed by atoms with van der Waals surface area (Å²) < 4.78 is 20.5. The molecule has 2 rings (SSSR count). The molecule has 2 aromatic rings. The van der Waals surface area contributed by atoms with Gasteiger partial charge in [-0.15, -0.1) is 12.4 Å². The number of esters is 2. The van der Waals surface area contributed by atoms with E-state index in [-0.39, 0.29) is 38.5 Å². The van der Waals surface area contributed by atoms with Gasteiger partial charge in [0.15, 0.2) is 0 Å². The van der Waals surface area contributed by atoms with Gasteiger partial charge >= 0.3 is 11.9 Å². The van der Waals surface area contributed by atoms with Crippen molar-refractivity contribution in [2.24, 2.45) is 5.73 Å². The minimum atomic E-state index is -0.883. The fourth-order valence-corrected chi connectivity index (χ4v) is 2.33. The summed E-state index contributed by atoms with van der Waals surface area (Å²) in [6, 6.07) is 13.5. The maximum absolute atomic E-state index is 12.0. The lowest BCUT2D eigenvalue weighted by molar-refractivity contribution is -0.148. The molecule has 0 aliphatic carbocycles. The molecular formula is C21H26ClNO6. The first-order valence-corrected chi connectivity index (χ1v) is 8.85. The van der Waals surface area contributed by atoms with Gasteiger partial charge in [0.25, 0.3) is 0 Å². The van der Waals surface area contributed by atoms with Crippen LogP contribution in [-0.2, 0) is 32.3 Å². The number of rotatable bonds is 10. The summed E-state index contributed by atoms with van der Waals surface area (Å²) in [4.78, 5) is 23.8. The van der Waals surface area contributed by atoms with Crippen molar-refractivity contribution < 1.29 is 28.5 Å². The highest BCUT2D eigenvalue weighted by Gasteiger charge is 2.17. The molecule has 0 spiro atoms. The lowest BCUT2D eigenvalue weighted by atomic mass is 10.1. The number of hydrogen-bond acceptors (Lipinski definition) is 7. The van der Waals surface area contributed by atoms with Crippen molar-refractivity contribution in [3.8, 4) is 11.5 Å². The lowest BCUT2D eigenvalue weighted by Gasteiger charge is -2.12. The van der Waals surface area contributed by atoms with Crippen LogP contribution in [0.15, 0.2) is 48.5 Å². The molecule has 0 radical (unpaired) electrons. The van der Waals surface area contributed by atoms with E-state index < -0.39 is 18.0 Å². The van der Waals surface area contributed by atoms with Gasteiger partial charge in [-0.1, -0.05) is 24.3 Å². The summed E-state index contributed by atoms with van der Waals surface area (Å²) in [7, 11) is 3.16. The molecule has 1 atom stereocenters. The second kappa shape index (κ2) is 12.6. The average Bonchev–Trinajstić information content (AvgIpc) is 2.74. The van der Waals surface area contributed by atoms with Crippen LogP contribution in [0, 0.1) is 0 Å². The highest BCUT2D eigenvalue weighted by Crippen LogP contribution is 2.13. The van der Waals surface area contributed by atoms with Gasteiger partial charge in [-0.2, -0.15) is 0 Å². The molecule has 29 heavy (non-hydrogen) atoms. The quantitative estimate of drug-likeness (QED) is 0.586. The molecule has 2 aromatic carbocycles. The van der Waals surface area contributed by atoms with Crippen LogP contribution in [0.1, 0.15) is 24.0 Å². The third-order valence-electron chi connectivity index (χ3n) is 4.06. The molecule has 0 aliphatic heterocycles. The Bertz CT molecular complexity index is 764. The SMILES string of the molecule is COc1ccc(COC(=O)CCC(N)C(=O)OCc2ccc(OC)cc2)cc1.Cl. The standard InChI is InChI=1S/C21H25NO6.ClH/c1-25-17-7-3-15(4-8-17)13-27-20(23)12-11-19(22)21(24)28-14-16-5-9-18(26-2)10-6-16;/h3-10,19H,11-14,22H2,1-2H3;1H. The molecule has 8 heteroatoms. The monoisotopic (exact) mass is 423 g/mol. The molecule has 0 saturated heterocycles. The number of methoxy groups -OCH3 is 2. The average molecular weight is 424 g/mol. The van der Waals surface area contributed by atoms with Crippen LogP contribution in [0.25, 0.3) is 0 Å². The maximum atomic E-state index is 12.0. The van der Waals surface area contributed by atoms with Crippen LogP contribution < -0.4 is 15.2 Å². The first-order chi connectivity index (χ1) is 13.5. The largest absolute Gasteiger partial charge is 0.497 e. The molecule has 0 amide bonds. The zero-order valence-corrected chi connectivity index (χ0v) is 17.3. The third kappa shape index (κ3) is 8.41. The van der Waals surface area contributed by atoms with Gasteiger partial charge < -0.3 is 24.7 Å². The molecule has 0 fully saturated rings. The van der Waals surface area contributed by atoms with Gasteiger partial charge in [-0.3, -0.25) is 9.59 Å². The topological polar surface area (TPSA) is 97.1 Å². The normalized spacial score (nSPS) is 11.0. The molecule has 1 unspecified atom stereocenters. The summed E-state index contributed by atoms with van der Waals surface area (Å²) >= 11 is 0. The number of hydrogen-bond donors (Lipinski definition) is 1. The molecular weight excluding hydrogens is 398 g/mol. The molecule has 0 aliphatic rings. The number of ether oxygens (including phenoxy) is 4. The number of carbonyl (C=O) groups excluding carboxylic acids is 2. The Balaban J connectivity index is 0.00000420. The molecule has 0 aromatic heterocycles. The number of nitrogens with two attached hydrogens (primary N) is 1. The van der Waals surface area contributed by atoms with Gasteiger partial charge in [0, 0.05) is 6.42 Å². The number of benzene rings is 2. The number of carbonyl (C=O) groups is 2. The molecule has 0 saturated carbocycles. The van der Waals surface area contributed by atoms with Crippen molar-refractivity contribution in [2.75, 3.05) is 14.2 Å². The second-order valence-corrected chi connectivity index (χ2v) is 6.11. The van der Waals surface area contributed by atoms with E-state index in [2.05, 4.69) is 0 Å². The Morgan fingerprint density at radius 2 is 1.28 bits per heavy atom. The van der Waals surface area contributed by atoms with Crippen LogP contribution in [0.4, 0.5) is 0 Å². The van der Waals surface area contributed by atoms with Crippen molar-refractivity contribution in [1.29, 1.82) is 0 Å². The van der Waals surface area contributed by atoms with E-state index in [1.807, 2.05) is 12.1 Å². The Morgan fingerprint density at radius 1 is 0.828 bits per heavy atom. The van der Waals surface area contributed by atoms with Gasteiger partial charge in [0.1, 0.15) is 30.8 Å². The fraction of sp³-hybridized carbons (Fsp3) is 0.333. The highest BCUT2D eigenvalue weighted by atomic mass is 35.5. The third-order valence-corrected chi connectivity index (χ3v) is 4.06. The highest BCUT2D eigenvalue weighted by molar-refractivity contribution is 5.85. The molecule has 0 bridgehead atoms. The van der Waals surface area contributed by atoms with Gasteiger partial charge in [-0.25, -0.2) is 0 Å². The van der Waals surface area contributed by atoms with Gasteiger partial charge in [-0.05, 0) is 41.8 Å². The molecule has 7 nitrogen and oxygen atoms in total. The lowest BCUT2D eigenvalue weighted by Crippen LogP contribution is -2.32. The van der Waals surface area contributed by atoms with Crippen molar-refractivity contribution >= 4 is 24.3 Å². The summed E-state index contributed by atoms with van der Waals surface area (Å²) in [6.45, 7) is 0.262. The summed E-state index contributed by atoms with van der Waals surface area (Å²) in [5.41, 5.74) is 7.46. The van der Waals surface area contributed by atoms with E-state index in [9.17, 15) is 9.59 Å². The van der Waals surface area contributed by atoms with Crippen LogP contribution in [0.3, 0.4) is 0 Å². The minimum absolute atomic E-state index is 0. The minimum Gasteiger partial charge on any atom is -0.497 e. The Labute approximate surface area is 176 Å². The van der Waals surface area contributed by atoms with Crippen LogP contribution in [-0.4, -0.2) is 32.2 Å². The predicted molar refractivity (Wildman–Crippen MR) is 110 cm³/mol. The Hall–Kier alpha value is -2.77. The van der Waals surface area contributed by atoms with Crippen LogP contribution in [0.5, 0.6) is 11.5 Å². The Morgan fingerprint density at radius 3 is 1.72 bits per heavy atom. The van der Waals surface area contributed by atoms with Crippen LogP contribution in [0.2, 0.25) is 0 Å². The van der Waals surface area contributed by atoms with Crippen molar-refractivity contribution in [3.05, 3.63) is 59.7 Å². The van der Waals surface area contributed by atoms with E-state index in [4.69, 9.17) is 24.7 Å². The first kappa shape index (κ1) is 24.3. The molecule has 0 heterocycles. The van der Waals surface area contributed by atoms with Crippen molar-refractivity contribution in [1.82, 2.24) is 0 Å². The van der Waals surface area contributed by atoms with Gasteiger partial charge in [0.05, 0.1) is 14.2 Å². The van der Waals surface area contributed by atoms with E-state index in [0.717, 1.165) is 22.6 Å². The predicted octanol–water partition coefficient (Wildman–Crippen LogP) is 3.02. The summed E-state index contributed by atoms with van der Waals surface area (Å²) in [5, 5.41) is 0. The van der Waals surface area contributed by atoms with E-state index in [1.54, 1.807) is 50.6 Å². The van der Waals surface area contributed by atoms with E-state index in [1.165, 1.54) is 0 Å². The van der Waals surface area contributed by atoms with Crippen molar-refractivity contribution in [2.45, 2.75) is 32.1 Å². The number of halogens is 1. The maximum Gasteiger partial charge on any atom is 0.323 e. The van der Waals surface area contributed by atoms with Crippen LogP contribution >= 0.6 is 12.4 Å².